The van der Waals surface area contributed by atoms with Gasteiger partial charge in [0.15, 0.2) is 5.58 Å². The largest absolute Gasteiger partial charge is 0.420 e. The van der Waals surface area contributed by atoms with Crippen LogP contribution in [0.1, 0.15) is 32.1 Å². The number of aromatic nitrogens is 1. The molecule has 0 saturated heterocycles. The molecule has 7 heteroatoms. The SMILES string of the molecule is N#CC1(NC(=O)Cn2c(=O)oc3cc(Cl)ccc32)CCCCC1. The number of nitrogens with zero attached hydrogens (tertiary/aromatic N) is 2. The predicted molar refractivity (Wildman–Crippen MR) is 85.1 cm³/mol. The second kappa shape index (κ2) is 6.09. The predicted octanol–water partition coefficient (Wildman–Crippen LogP) is 2.59. The van der Waals surface area contributed by atoms with Crippen LogP contribution in [-0.4, -0.2) is 16.0 Å². The normalized spacial score (nSPS) is 16.9. The van der Waals surface area contributed by atoms with Crippen molar-refractivity contribution in [2.24, 2.45) is 0 Å². The Morgan fingerprint density at radius 2 is 2.13 bits per heavy atom. The molecule has 2 aromatic rings. The van der Waals surface area contributed by atoms with Crippen molar-refractivity contribution < 1.29 is 9.21 Å². The topological polar surface area (TPSA) is 88.0 Å². The molecule has 120 valence electrons. The molecule has 6 nitrogen and oxygen atoms in total. The lowest BCUT2D eigenvalue weighted by Gasteiger charge is -2.31. The number of nitriles is 1. The van der Waals surface area contributed by atoms with Gasteiger partial charge in [-0.05, 0) is 25.0 Å². The summed E-state index contributed by atoms with van der Waals surface area (Å²) in [5, 5.41) is 12.7. The summed E-state index contributed by atoms with van der Waals surface area (Å²) in [6.07, 6.45) is 4.20. The Bertz CT molecular complexity index is 840. The molecule has 0 bridgehead atoms. The number of carbonyl (C=O) groups excluding carboxylic acids is 1. The molecule has 1 aliphatic rings. The van der Waals surface area contributed by atoms with Crippen LogP contribution in [0.2, 0.25) is 5.02 Å². The average Bonchev–Trinajstić information content (AvgIpc) is 2.83. The average molecular weight is 334 g/mol. The van der Waals surface area contributed by atoms with Crippen LogP contribution in [0.15, 0.2) is 27.4 Å². The zero-order valence-corrected chi connectivity index (χ0v) is 13.2. The van der Waals surface area contributed by atoms with Crippen molar-refractivity contribution in [3.05, 3.63) is 33.8 Å². The number of amides is 1. The van der Waals surface area contributed by atoms with Crippen molar-refractivity contribution in [1.82, 2.24) is 9.88 Å². The number of benzene rings is 1. The third-order valence-electron chi connectivity index (χ3n) is 4.23. The van der Waals surface area contributed by atoms with E-state index in [-0.39, 0.29) is 12.5 Å². The van der Waals surface area contributed by atoms with Crippen molar-refractivity contribution in [2.45, 2.75) is 44.2 Å². The van der Waals surface area contributed by atoms with E-state index in [9.17, 15) is 14.9 Å². The second-order valence-corrected chi connectivity index (χ2v) is 6.31. The lowest BCUT2D eigenvalue weighted by molar-refractivity contribution is -0.123. The van der Waals surface area contributed by atoms with Crippen LogP contribution in [0.5, 0.6) is 0 Å². The van der Waals surface area contributed by atoms with Crippen molar-refractivity contribution in [3.63, 3.8) is 0 Å². The molecule has 23 heavy (non-hydrogen) atoms. The number of oxazole rings is 1. The van der Waals surface area contributed by atoms with Gasteiger partial charge >= 0.3 is 5.76 Å². The Balaban J connectivity index is 1.82. The molecular formula is C16H16ClN3O3. The van der Waals surface area contributed by atoms with Gasteiger partial charge in [-0.15, -0.1) is 0 Å². The van der Waals surface area contributed by atoms with E-state index in [4.69, 9.17) is 16.0 Å². The molecule has 1 amide bonds. The number of hydrogen-bond acceptors (Lipinski definition) is 4. The lowest BCUT2D eigenvalue weighted by Crippen LogP contribution is -2.50. The number of carbonyl (C=O) groups is 1. The maximum atomic E-state index is 12.3. The van der Waals surface area contributed by atoms with E-state index in [1.165, 1.54) is 10.6 Å². The standard InChI is InChI=1S/C16H16ClN3O3/c17-11-4-5-12-13(8-11)23-15(22)20(12)9-14(21)19-16(10-18)6-2-1-3-7-16/h4-5,8H,1-3,6-7,9H2,(H,19,21). The molecule has 0 radical (unpaired) electrons. The van der Waals surface area contributed by atoms with Gasteiger partial charge in [-0.25, -0.2) is 4.79 Å². The highest BCUT2D eigenvalue weighted by Crippen LogP contribution is 2.27. The minimum absolute atomic E-state index is 0.184. The van der Waals surface area contributed by atoms with Gasteiger partial charge in [-0.3, -0.25) is 9.36 Å². The fraction of sp³-hybridized carbons (Fsp3) is 0.438. The van der Waals surface area contributed by atoms with E-state index < -0.39 is 11.3 Å². The first-order valence-electron chi connectivity index (χ1n) is 7.54. The summed E-state index contributed by atoms with van der Waals surface area (Å²) >= 11 is 5.87. The molecular weight excluding hydrogens is 318 g/mol. The Morgan fingerprint density at radius 1 is 1.39 bits per heavy atom. The molecule has 0 aliphatic heterocycles. The third-order valence-corrected chi connectivity index (χ3v) is 4.47. The number of nitrogens with one attached hydrogen (secondary N) is 1. The highest BCUT2D eigenvalue weighted by Gasteiger charge is 2.33. The molecule has 1 N–H and O–H groups in total. The van der Waals surface area contributed by atoms with E-state index >= 15 is 0 Å². The first-order valence-corrected chi connectivity index (χ1v) is 7.92. The molecule has 1 aromatic heterocycles. The van der Waals surface area contributed by atoms with Crippen molar-refractivity contribution >= 4 is 28.6 Å². The summed E-state index contributed by atoms with van der Waals surface area (Å²) in [6, 6.07) is 7.02. The smallest absolute Gasteiger partial charge is 0.408 e. The van der Waals surface area contributed by atoms with Crippen LogP contribution in [0.3, 0.4) is 0 Å². The summed E-state index contributed by atoms with van der Waals surface area (Å²) in [5.74, 6) is -0.986. The van der Waals surface area contributed by atoms with Crippen LogP contribution < -0.4 is 11.1 Å². The molecule has 1 fully saturated rings. The van der Waals surface area contributed by atoms with E-state index in [1.807, 2.05) is 0 Å². The van der Waals surface area contributed by atoms with Crippen LogP contribution >= 0.6 is 11.6 Å². The van der Waals surface area contributed by atoms with Crippen LogP contribution in [0.4, 0.5) is 0 Å². The highest BCUT2D eigenvalue weighted by atomic mass is 35.5. The minimum Gasteiger partial charge on any atom is -0.408 e. The van der Waals surface area contributed by atoms with E-state index in [0.29, 0.717) is 29.0 Å². The molecule has 1 aromatic carbocycles. The van der Waals surface area contributed by atoms with Gasteiger partial charge in [0, 0.05) is 11.1 Å². The fourth-order valence-corrected chi connectivity index (χ4v) is 3.22. The summed E-state index contributed by atoms with van der Waals surface area (Å²) in [6.45, 7) is -0.184. The summed E-state index contributed by atoms with van der Waals surface area (Å²) in [4.78, 5) is 24.3. The monoisotopic (exact) mass is 333 g/mol. The second-order valence-electron chi connectivity index (χ2n) is 5.87. The van der Waals surface area contributed by atoms with Gasteiger partial charge in [0.1, 0.15) is 12.1 Å². The van der Waals surface area contributed by atoms with Crippen LogP contribution in [0, 0.1) is 11.3 Å². The van der Waals surface area contributed by atoms with Gasteiger partial charge in [0.25, 0.3) is 0 Å². The molecule has 0 atom stereocenters. The fourth-order valence-electron chi connectivity index (χ4n) is 3.06. The Hall–Kier alpha value is -2.26. The Kier molecular flexibility index (Phi) is 4.14. The van der Waals surface area contributed by atoms with E-state index in [2.05, 4.69) is 11.4 Å². The highest BCUT2D eigenvalue weighted by molar-refractivity contribution is 6.31. The summed E-state index contributed by atoms with van der Waals surface area (Å²) in [5.41, 5.74) is 0.0223. The van der Waals surface area contributed by atoms with Gasteiger partial charge in [0.2, 0.25) is 5.91 Å². The zero-order valence-electron chi connectivity index (χ0n) is 12.5. The van der Waals surface area contributed by atoms with Crippen molar-refractivity contribution in [1.29, 1.82) is 5.26 Å². The number of fused-ring (bicyclic) bond motifs is 1. The van der Waals surface area contributed by atoms with Gasteiger partial charge in [0.05, 0.1) is 11.6 Å². The third kappa shape index (κ3) is 3.10. The molecule has 3 rings (SSSR count). The first kappa shape index (κ1) is 15.6. The van der Waals surface area contributed by atoms with Crippen molar-refractivity contribution in [2.75, 3.05) is 0 Å². The number of halogens is 1. The quantitative estimate of drug-likeness (QED) is 0.935. The number of hydrogen-bond donors (Lipinski definition) is 1. The van der Waals surface area contributed by atoms with Crippen LogP contribution in [0.25, 0.3) is 11.1 Å². The summed E-state index contributed by atoms with van der Waals surface area (Å²) < 4.78 is 6.35. The van der Waals surface area contributed by atoms with Gasteiger partial charge in [-0.2, -0.15) is 5.26 Å². The summed E-state index contributed by atoms with van der Waals surface area (Å²) in [7, 11) is 0. The van der Waals surface area contributed by atoms with E-state index in [1.54, 1.807) is 12.1 Å². The lowest BCUT2D eigenvalue weighted by atomic mass is 9.83. The van der Waals surface area contributed by atoms with Gasteiger partial charge in [-0.1, -0.05) is 30.9 Å². The van der Waals surface area contributed by atoms with Crippen LogP contribution in [-0.2, 0) is 11.3 Å². The zero-order chi connectivity index (χ0) is 16.4. The molecule has 1 aliphatic carbocycles. The molecule has 1 heterocycles. The van der Waals surface area contributed by atoms with E-state index in [0.717, 1.165) is 19.3 Å². The Morgan fingerprint density at radius 3 is 2.83 bits per heavy atom. The molecule has 0 unspecified atom stereocenters. The van der Waals surface area contributed by atoms with Crippen molar-refractivity contribution in [3.8, 4) is 6.07 Å². The maximum Gasteiger partial charge on any atom is 0.420 e. The molecule has 1 saturated carbocycles. The van der Waals surface area contributed by atoms with Gasteiger partial charge < -0.3 is 9.73 Å². The molecule has 0 spiro atoms. The Labute approximate surface area is 137 Å². The first-order chi connectivity index (χ1) is 11.0. The minimum atomic E-state index is -0.818. The maximum absolute atomic E-state index is 12.3. The number of rotatable bonds is 3.